The van der Waals surface area contributed by atoms with E-state index in [1.165, 1.54) is 5.56 Å². The van der Waals surface area contributed by atoms with Gasteiger partial charge in [-0.25, -0.2) is 4.98 Å². The summed E-state index contributed by atoms with van der Waals surface area (Å²) < 4.78 is 7.61. The molecule has 2 heterocycles. The summed E-state index contributed by atoms with van der Waals surface area (Å²) in [5.41, 5.74) is 1.24. The van der Waals surface area contributed by atoms with E-state index >= 15 is 0 Å². The Morgan fingerprint density at radius 3 is 2.57 bits per heavy atom. The molecule has 1 N–H and O–H groups in total. The van der Waals surface area contributed by atoms with Gasteiger partial charge in [0.05, 0.1) is 6.26 Å². The van der Waals surface area contributed by atoms with Crippen LogP contribution in [0.5, 0.6) is 0 Å². The predicted molar refractivity (Wildman–Crippen MR) is 81.8 cm³/mol. The van der Waals surface area contributed by atoms with Gasteiger partial charge in [0.15, 0.2) is 0 Å². The van der Waals surface area contributed by atoms with Gasteiger partial charge in [0, 0.05) is 25.5 Å². The molecule has 1 unspecified atom stereocenters. The number of furan rings is 1. The number of benzene rings is 1. The molecule has 0 bridgehead atoms. The molecule has 3 aromatic rings. The Labute approximate surface area is 124 Å². The normalized spacial score (nSPS) is 14.0. The van der Waals surface area contributed by atoms with Gasteiger partial charge in [-0.05, 0) is 24.6 Å². The van der Waals surface area contributed by atoms with E-state index in [2.05, 4.69) is 41.5 Å². The van der Waals surface area contributed by atoms with E-state index in [1.807, 2.05) is 36.0 Å². The first-order valence-electron chi connectivity index (χ1n) is 7.07. The van der Waals surface area contributed by atoms with Gasteiger partial charge in [-0.15, -0.1) is 0 Å². The number of hydrogen-bond donors (Lipinski definition) is 1. The molecular weight excluding hydrogens is 262 g/mol. The molecule has 0 saturated carbocycles. The van der Waals surface area contributed by atoms with Crippen molar-refractivity contribution in [2.45, 2.75) is 19.0 Å². The molecular formula is C17H19N3O. The smallest absolute Gasteiger partial charge is 0.133 e. The van der Waals surface area contributed by atoms with Gasteiger partial charge < -0.3 is 8.98 Å². The Kier molecular flexibility index (Phi) is 3.88. The van der Waals surface area contributed by atoms with Crippen LogP contribution in [-0.2, 0) is 7.05 Å². The fourth-order valence-corrected chi connectivity index (χ4v) is 2.48. The van der Waals surface area contributed by atoms with Gasteiger partial charge in [0.1, 0.15) is 17.6 Å². The molecule has 0 aliphatic carbocycles. The van der Waals surface area contributed by atoms with E-state index in [0.717, 1.165) is 11.6 Å². The molecule has 0 spiro atoms. The zero-order valence-electron chi connectivity index (χ0n) is 12.2. The maximum Gasteiger partial charge on any atom is 0.133 e. The molecule has 0 fully saturated rings. The zero-order chi connectivity index (χ0) is 14.7. The summed E-state index contributed by atoms with van der Waals surface area (Å²) in [7, 11) is 1.99. The third kappa shape index (κ3) is 2.90. The molecule has 0 saturated heterocycles. The van der Waals surface area contributed by atoms with Crippen molar-refractivity contribution in [3.05, 3.63) is 78.3 Å². The van der Waals surface area contributed by atoms with Gasteiger partial charge in [-0.2, -0.15) is 0 Å². The molecule has 1 aromatic carbocycles. The topological polar surface area (TPSA) is 43.0 Å². The maximum atomic E-state index is 5.60. The third-order valence-corrected chi connectivity index (χ3v) is 3.66. The Bertz CT molecular complexity index is 673. The van der Waals surface area contributed by atoms with Crippen LogP contribution >= 0.6 is 0 Å². The first kappa shape index (κ1) is 13.6. The van der Waals surface area contributed by atoms with Crippen molar-refractivity contribution in [2.24, 2.45) is 7.05 Å². The van der Waals surface area contributed by atoms with Crippen LogP contribution in [0, 0.1) is 0 Å². The average Bonchev–Trinajstić information content (AvgIpc) is 3.17. The fourth-order valence-electron chi connectivity index (χ4n) is 2.48. The number of rotatable bonds is 5. The lowest BCUT2D eigenvalue weighted by Crippen LogP contribution is -2.27. The van der Waals surface area contributed by atoms with E-state index < -0.39 is 0 Å². The molecule has 108 valence electrons. The second-order valence-electron chi connectivity index (χ2n) is 5.14. The fraction of sp³-hybridized carbons (Fsp3) is 0.235. The van der Waals surface area contributed by atoms with Crippen molar-refractivity contribution < 1.29 is 4.42 Å². The predicted octanol–water partition coefficient (Wildman–Crippen LogP) is 3.45. The lowest BCUT2D eigenvalue weighted by atomic mass is 10.1. The van der Waals surface area contributed by atoms with Crippen LogP contribution in [-0.4, -0.2) is 9.55 Å². The van der Waals surface area contributed by atoms with Crippen molar-refractivity contribution >= 4 is 0 Å². The molecule has 0 radical (unpaired) electrons. The van der Waals surface area contributed by atoms with Crippen LogP contribution in [0.15, 0.2) is 65.5 Å². The molecule has 4 nitrogen and oxygen atoms in total. The van der Waals surface area contributed by atoms with E-state index in [9.17, 15) is 0 Å². The number of aryl methyl sites for hydroxylation is 1. The number of aromatic nitrogens is 2. The number of hydrogen-bond acceptors (Lipinski definition) is 3. The highest BCUT2D eigenvalue weighted by molar-refractivity contribution is 5.21. The minimum absolute atomic E-state index is 0.0739. The molecule has 2 aromatic heterocycles. The third-order valence-electron chi connectivity index (χ3n) is 3.66. The van der Waals surface area contributed by atoms with Crippen LogP contribution in [0.4, 0.5) is 0 Å². The maximum absolute atomic E-state index is 5.60. The number of nitrogens with zero attached hydrogens (tertiary/aromatic N) is 2. The molecule has 4 heteroatoms. The first-order chi connectivity index (χ1) is 10.3. The van der Waals surface area contributed by atoms with Crippen LogP contribution in [0.3, 0.4) is 0 Å². The molecule has 0 aliphatic rings. The minimum atomic E-state index is -0.0739. The molecule has 3 rings (SSSR count). The molecule has 0 amide bonds. The lowest BCUT2D eigenvalue weighted by molar-refractivity contribution is 0.403. The van der Waals surface area contributed by atoms with Crippen LogP contribution < -0.4 is 5.32 Å². The first-order valence-corrected chi connectivity index (χ1v) is 7.07. The van der Waals surface area contributed by atoms with E-state index in [1.54, 1.807) is 12.5 Å². The summed E-state index contributed by atoms with van der Waals surface area (Å²) in [6.07, 6.45) is 5.44. The zero-order valence-corrected chi connectivity index (χ0v) is 12.2. The van der Waals surface area contributed by atoms with Crippen LogP contribution in [0.25, 0.3) is 0 Å². The minimum Gasteiger partial charge on any atom is -0.467 e. The summed E-state index contributed by atoms with van der Waals surface area (Å²) >= 11 is 0. The van der Waals surface area contributed by atoms with Crippen molar-refractivity contribution in [2.75, 3.05) is 0 Å². The number of nitrogens with one attached hydrogen (secondary N) is 1. The van der Waals surface area contributed by atoms with Crippen molar-refractivity contribution in [3.8, 4) is 0 Å². The Morgan fingerprint density at radius 1 is 1.14 bits per heavy atom. The van der Waals surface area contributed by atoms with Crippen molar-refractivity contribution in [1.29, 1.82) is 0 Å². The molecule has 21 heavy (non-hydrogen) atoms. The number of imidazole rings is 1. The van der Waals surface area contributed by atoms with Gasteiger partial charge in [0.2, 0.25) is 0 Å². The standard InChI is InChI=1S/C17H19N3O/c1-13(14-7-4-3-5-8-14)19-16(15-9-6-12-21-15)17-18-10-11-20(17)2/h3-13,16,19H,1-2H3/t13-,16?/m0/s1. The monoisotopic (exact) mass is 281 g/mol. The van der Waals surface area contributed by atoms with Crippen molar-refractivity contribution in [1.82, 2.24) is 14.9 Å². The summed E-state index contributed by atoms with van der Waals surface area (Å²) in [5.74, 6) is 1.81. The average molecular weight is 281 g/mol. The van der Waals surface area contributed by atoms with Gasteiger partial charge in [-0.1, -0.05) is 30.3 Å². The van der Waals surface area contributed by atoms with Gasteiger partial charge >= 0.3 is 0 Å². The summed E-state index contributed by atoms with van der Waals surface area (Å²) in [6.45, 7) is 2.15. The Balaban J connectivity index is 1.89. The highest BCUT2D eigenvalue weighted by Gasteiger charge is 2.23. The summed E-state index contributed by atoms with van der Waals surface area (Å²) in [6, 6.07) is 14.4. The van der Waals surface area contributed by atoms with Crippen LogP contribution in [0.1, 0.15) is 36.2 Å². The van der Waals surface area contributed by atoms with E-state index in [0.29, 0.717) is 0 Å². The molecule has 2 atom stereocenters. The van der Waals surface area contributed by atoms with E-state index in [-0.39, 0.29) is 12.1 Å². The summed E-state index contributed by atoms with van der Waals surface area (Å²) in [5, 5.41) is 3.60. The highest BCUT2D eigenvalue weighted by atomic mass is 16.3. The largest absolute Gasteiger partial charge is 0.467 e. The Morgan fingerprint density at radius 2 is 1.95 bits per heavy atom. The quantitative estimate of drug-likeness (QED) is 0.779. The second-order valence-corrected chi connectivity index (χ2v) is 5.14. The van der Waals surface area contributed by atoms with E-state index in [4.69, 9.17) is 4.42 Å². The Hall–Kier alpha value is -2.33. The SMILES string of the molecule is C[C@H](NC(c1ccco1)c1nccn1C)c1ccccc1. The van der Waals surface area contributed by atoms with Gasteiger partial charge in [0.25, 0.3) is 0 Å². The highest BCUT2D eigenvalue weighted by Crippen LogP contribution is 2.25. The van der Waals surface area contributed by atoms with Gasteiger partial charge in [-0.3, -0.25) is 5.32 Å². The van der Waals surface area contributed by atoms with Crippen molar-refractivity contribution in [3.63, 3.8) is 0 Å². The second kappa shape index (κ2) is 5.97. The summed E-state index contributed by atoms with van der Waals surface area (Å²) in [4.78, 5) is 4.46. The lowest BCUT2D eigenvalue weighted by Gasteiger charge is -2.22. The molecule has 0 aliphatic heterocycles. The van der Waals surface area contributed by atoms with Crippen LogP contribution in [0.2, 0.25) is 0 Å².